The summed E-state index contributed by atoms with van der Waals surface area (Å²) in [6.07, 6.45) is 4.29. The molecule has 21 heavy (non-hydrogen) atoms. The molecule has 3 rings (SSSR count). The van der Waals surface area contributed by atoms with E-state index in [4.69, 9.17) is 16.0 Å². The average Bonchev–Trinajstić information content (AvgIpc) is 3.10. The van der Waals surface area contributed by atoms with Crippen LogP contribution in [0.15, 0.2) is 34.9 Å². The summed E-state index contributed by atoms with van der Waals surface area (Å²) in [6.45, 7) is 2.88. The van der Waals surface area contributed by atoms with Crippen LogP contribution < -0.4 is 5.32 Å². The third-order valence-electron chi connectivity index (χ3n) is 3.76. The van der Waals surface area contributed by atoms with Crippen LogP contribution in [-0.4, -0.2) is 36.1 Å². The maximum Gasteiger partial charge on any atom is 0.209 e. The fourth-order valence-corrected chi connectivity index (χ4v) is 2.93. The van der Waals surface area contributed by atoms with E-state index >= 15 is 0 Å². The van der Waals surface area contributed by atoms with Gasteiger partial charge in [0.2, 0.25) is 5.89 Å². The molecular weight excluding hydrogens is 286 g/mol. The highest BCUT2D eigenvalue weighted by Gasteiger charge is 2.17. The number of oxazole rings is 1. The van der Waals surface area contributed by atoms with E-state index in [1.807, 2.05) is 24.3 Å². The molecule has 0 saturated carbocycles. The first-order valence-corrected chi connectivity index (χ1v) is 7.71. The molecule has 1 aromatic heterocycles. The summed E-state index contributed by atoms with van der Waals surface area (Å²) in [6, 6.07) is 8.22. The minimum Gasteiger partial charge on any atom is -0.439 e. The van der Waals surface area contributed by atoms with Gasteiger partial charge in [-0.15, -0.1) is 0 Å². The molecule has 2 heterocycles. The normalized spacial score (nSPS) is 18.5. The van der Waals surface area contributed by atoms with E-state index in [0.29, 0.717) is 11.1 Å². The highest BCUT2D eigenvalue weighted by molar-refractivity contribution is 6.30. The molecule has 0 amide bonds. The van der Waals surface area contributed by atoms with Crippen LogP contribution in [0.3, 0.4) is 0 Å². The molecule has 1 aliphatic rings. The van der Waals surface area contributed by atoms with E-state index in [9.17, 15) is 0 Å². The van der Waals surface area contributed by atoms with Gasteiger partial charge in [-0.3, -0.25) is 4.90 Å². The van der Waals surface area contributed by atoms with Crippen LogP contribution in [0.4, 0.5) is 0 Å². The highest BCUT2D eigenvalue weighted by atomic mass is 35.5. The minimum atomic E-state index is 0.595. The molecule has 1 N–H and O–H groups in total. The number of hydrogen-bond acceptors (Lipinski definition) is 4. The van der Waals surface area contributed by atoms with Gasteiger partial charge in [0.25, 0.3) is 0 Å². The minimum absolute atomic E-state index is 0.595. The number of aromatic nitrogens is 1. The second-order valence-electron chi connectivity index (χ2n) is 5.62. The molecule has 5 heteroatoms. The van der Waals surface area contributed by atoms with Gasteiger partial charge in [0, 0.05) is 23.2 Å². The lowest BCUT2D eigenvalue weighted by Gasteiger charge is -2.19. The van der Waals surface area contributed by atoms with Crippen LogP contribution in [0.1, 0.15) is 18.7 Å². The fraction of sp³-hybridized carbons (Fsp3) is 0.438. The van der Waals surface area contributed by atoms with E-state index in [0.717, 1.165) is 36.8 Å². The number of benzene rings is 1. The maximum atomic E-state index is 6.00. The summed E-state index contributed by atoms with van der Waals surface area (Å²) in [5, 5.41) is 4.21. The Morgan fingerprint density at radius 1 is 1.48 bits per heavy atom. The molecule has 2 aromatic rings. The molecule has 1 unspecified atom stereocenters. The summed E-state index contributed by atoms with van der Waals surface area (Å²) in [4.78, 5) is 6.61. The Balaban J connectivity index is 1.62. The molecule has 1 aromatic carbocycles. The number of rotatable bonds is 5. The Morgan fingerprint density at radius 2 is 2.38 bits per heavy atom. The van der Waals surface area contributed by atoms with Crippen molar-refractivity contribution in [3.05, 3.63) is 41.4 Å². The second kappa shape index (κ2) is 6.60. The fourth-order valence-electron chi connectivity index (χ4n) is 2.74. The maximum absolute atomic E-state index is 6.00. The molecule has 1 saturated heterocycles. The van der Waals surface area contributed by atoms with Crippen molar-refractivity contribution in [3.8, 4) is 11.3 Å². The third kappa shape index (κ3) is 3.84. The summed E-state index contributed by atoms with van der Waals surface area (Å²) in [5.41, 5.74) is 0.960. The monoisotopic (exact) mass is 305 g/mol. The molecule has 0 spiro atoms. The van der Waals surface area contributed by atoms with Crippen LogP contribution in [0.5, 0.6) is 0 Å². The van der Waals surface area contributed by atoms with E-state index in [1.54, 1.807) is 6.20 Å². The molecule has 0 radical (unpaired) electrons. The third-order valence-corrected chi connectivity index (χ3v) is 4.00. The van der Waals surface area contributed by atoms with Crippen molar-refractivity contribution >= 4 is 11.6 Å². The van der Waals surface area contributed by atoms with Crippen molar-refractivity contribution in [1.82, 2.24) is 15.2 Å². The lowest BCUT2D eigenvalue weighted by Crippen LogP contribution is -2.34. The highest BCUT2D eigenvalue weighted by Crippen LogP contribution is 2.23. The van der Waals surface area contributed by atoms with Crippen LogP contribution in [0, 0.1) is 0 Å². The number of likely N-dealkylation sites (N-methyl/N-ethyl adjacent to an activating group) is 1. The van der Waals surface area contributed by atoms with Crippen LogP contribution in [-0.2, 0) is 6.54 Å². The summed E-state index contributed by atoms with van der Waals surface area (Å²) >= 11 is 6.00. The Kier molecular flexibility index (Phi) is 4.58. The van der Waals surface area contributed by atoms with Gasteiger partial charge >= 0.3 is 0 Å². The predicted octanol–water partition coefficient (Wildman–Crippen LogP) is 3.18. The lowest BCUT2D eigenvalue weighted by atomic mass is 10.2. The van der Waals surface area contributed by atoms with Gasteiger partial charge < -0.3 is 9.73 Å². The van der Waals surface area contributed by atoms with Crippen LogP contribution >= 0.6 is 11.6 Å². The summed E-state index contributed by atoms with van der Waals surface area (Å²) in [7, 11) is 2.10. The Bertz CT molecular complexity index is 593. The number of nitrogens with one attached hydrogen (secondary N) is 1. The molecule has 0 aliphatic carbocycles. The quantitative estimate of drug-likeness (QED) is 0.921. The molecular formula is C16H20ClN3O. The zero-order chi connectivity index (χ0) is 14.7. The van der Waals surface area contributed by atoms with E-state index in [-0.39, 0.29) is 0 Å². The second-order valence-corrected chi connectivity index (χ2v) is 6.06. The van der Waals surface area contributed by atoms with E-state index in [2.05, 4.69) is 22.2 Å². The summed E-state index contributed by atoms with van der Waals surface area (Å²) < 4.78 is 5.83. The van der Waals surface area contributed by atoms with Gasteiger partial charge in [-0.05, 0) is 38.6 Å². The van der Waals surface area contributed by atoms with Crippen LogP contribution in [0.25, 0.3) is 11.3 Å². The number of nitrogens with zero attached hydrogens (tertiary/aromatic N) is 2. The van der Waals surface area contributed by atoms with Crippen molar-refractivity contribution < 1.29 is 4.42 Å². The summed E-state index contributed by atoms with van der Waals surface area (Å²) in [5.74, 6) is 1.50. The first kappa shape index (κ1) is 14.6. The molecule has 1 fully saturated rings. The van der Waals surface area contributed by atoms with Crippen molar-refractivity contribution in [1.29, 1.82) is 0 Å². The molecule has 0 bridgehead atoms. The number of halogens is 1. The van der Waals surface area contributed by atoms with E-state index in [1.165, 1.54) is 12.8 Å². The first-order valence-electron chi connectivity index (χ1n) is 7.33. The zero-order valence-corrected chi connectivity index (χ0v) is 12.9. The molecule has 4 nitrogen and oxygen atoms in total. The van der Waals surface area contributed by atoms with Crippen molar-refractivity contribution in [2.24, 2.45) is 0 Å². The van der Waals surface area contributed by atoms with Crippen LogP contribution in [0.2, 0.25) is 5.02 Å². The van der Waals surface area contributed by atoms with Gasteiger partial charge in [-0.25, -0.2) is 4.98 Å². The Morgan fingerprint density at radius 3 is 3.14 bits per heavy atom. The predicted molar refractivity (Wildman–Crippen MR) is 84.3 cm³/mol. The van der Waals surface area contributed by atoms with Gasteiger partial charge in [0.05, 0.1) is 12.7 Å². The van der Waals surface area contributed by atoms with Gasteiger partial charge in [-0.2, -0.15) is 0 Å². The topological polar surface area (TPSA) is 41.3 Å². The first-order chi connectivity index (χ1) is 10.2. The van der Waals surface area contributed by atoms with Crippen molar-refractivity contribution in [2.75, 3.05) is 20.1 Å². The van der Waals surface area contributed by atoms with Gasteiger partial charge in [-0.1, -0.05) is 23.7 Å². The molecule has 1 atom stereocenters. The standard InChI is InChI=1S/C16H20ClN3O/c1-20(10-14-6-3-7-18-14)11-16-19-9-15(21-16)12-4-2-5-13(17)8-12/h2,4-5,8-9,14,18H,3,6-7,10-11H2,1H3. The zero-order valence-electron chi connectivity index (χ0n) is 12.2. The number of hydrogen-bond donors (Lipinski definition) is 1. The average molecular weight is 306 g/mol. The van der Waals surface area contributed by atoms with Gasteiger partial charge in [0.1, 0.15) is 0 Å². The van der Waals surface area contributed by atoms with Crippen molar-refractivity contribution in [3.63, 3.8) is 0 Å². The van der Waals surface area contributed by atoms with Gasteiger partial charge in [0.15, 0.2) is 5.76 Å². The SMILES string of the molecule is CN(Cc1ncc(-c2cccc(Cl)c2)o1)CC1CCCN1. The lowest BCUT2D eigenvalue weighted by molar-refractivity contribution is 0.265. The van der Waals surface area contributed by atoms with Crippen molar-refractivity contribution in [2.45, 2.75) is 25.4 Å². The molecule has 1 aliphatic heterocycles. The smallest absolute Gasteiger partial charge is 0.209 e. The van der Waals surface area contributed by atoms with E-state index < -0.39 is 0 Å². The Hall–Kier alpha value is -1.36. The molecule has 112 valence electrons. The largest absolute Gasteiger partial charge is 0.439 e. The Labute approximate surface area is 130 Å².